The monoisotopic (exact) mass is 437 g/mol. The van der Waals surface area contributed by atoms with E-state index >= 15 is 0 Å². The molecule has 2 amide bonds. The maximum absolute atomic E-state index is 12.5. The third-order valence-corrected chi connectivity index (χ3v) is 5.20. The minimum Gasteiger partial charge on any atom is -0.391 e. The predicted octanol–water partition coefficient (Wildman–Crippen LogP) is 0.206. The highest BCUT2D eigenvalue weighted by molar-refractivity contribution is 5.89. The highest BCUT2D eigenvalue weighted by Crippen LogP contribution is 2.17. The molecule has 2 atom stereocenters. The van der Waals surface area contributed by atoms with E-state index in [9.17, 15) is 14.7 Å². The average molecular weight is 438 g/mol. The van der Waals surface area contributed by atoms with E-state index in [4.69, 9.17) is 10.8 Å². The summed E-state index contributed by atoms with van der Waals surface area (Å²) in [4.78, 5) is 31.9. The molecule has 0 saturated carbocycles. The number of hydrogen-bond acceptors (Lipinski definition) is 7. The van der Waals surface area contributed by atoms with E-state index < -0.39 is 30.6 Å². The molecule has 1 aliphatic rings. The molecule has 0 bridgehead atoms. The second-order valence-corrected chi connectivity index (χ2v) is 7.53. The molecular weight excluding hydrogens is 410 g/mol. The molecule has 0 radical (unpaired) electrons. The molecule has 0 spiro atoms. The first-order chi connectivity index (χ1) is 15.4. The van der Waals surface area contributed by atoms with Crippen LogP contribution in [0.1, 0.15) is 18.1 Å². The fourth-order valence-electron chi connectivity index (χ4n) is 3.34. The number of anilines is 2. The molecular formula is C23H27N5O4. The number of benzene rings is 1. The average Bonchev–Trinajstić information content (AvgIpc) is 2.82. The minimum absolute atomic E-state index is 0.430. The molecule has 1 saturated heterocycles. The number of aliphatic hydroxyl groups is 2. The zero-order chi connectivity index (χ0) is 23.1. The number of carbonyl (C=O) groups excluding carboxylic acids is 2. The summed E-state index contributed by atoms with van der Waals surface area (Å²) in [5, 5.41) is 21.2. The molecule has 9 heteroatoms. The van der Waals surface area contributed by atoms with Crippen LogP contribution in [0.3, 0.4) is 0 Å². The predicted molar refractivity (Wildman–Crippen MR) is 121 cm³/mol. The summed E-state index contributed by atoms with van der Waals surface area (Å²) in [5.41, 5.74) is 8.27. The Labute approximate surface area is 186 Å². The fraction of sp³-hybridized carbons (Fsp3) is 0.348. The van der Waals surface area contributed by atoms with Crippen LogP contribution in [-0.2, 0) is 4.79 Å². The van der Waals surface area contributed by atoms with Crippen molar-refractivity contribution >= 4 is 23.3 Å². The van der Waals surface area contributed by atoms with Gasteiger partial charge in [0.1, 0.15) is 18.5 Å². The first-order valence-corrected chi connectivity index (χ1v) is 10.3. The summed E-state index contributed by atoms with van der Waals surface area (Å²) in [6, 6.07) is 9.85. The van der Waals surface area contributed by atoms with Crippen molar-refractivity contribution in [1.82, 2.24) is 15.2 Å². The van der Waals surface area contributed by atoms with Gasteiger partial charge in [0.2, 0.25) is 0 Å². The van der Waals surface area contributed by atoms with Gasteiger partial charge in [0, 0.05) is 49.2 Å². The second kappa shape index (κ2) is 10.6. The SMILES string of the molecule is C[C@H](O)[C@@H](NC(=O)N1CCN(c2ccc(C#Cc3ccc(N)nc3)cc2)CC1)C(=O)CO. The summed E-state index contributed by atoms with van der Waals surface area (Å²) >= 11 is 0. The van der Waals surface area contributed by atoms with Crippen LogP contribution in [0.25, 0.3) is 0 Å². The lowest BCUT2D eigenvalue weighted by molar-refractivity contribution is -0.125. The third-order valence-electron chi connectivity index (χ3n) is 5.20. The lowest BCUT2D eigenvalue weighted by Crippen LogP contribution is -2.57. The first kappa shape index (κ1) is 23.1. The zero-order valence-corrected chi connectivity index (χ0v) is 17.9. The van der Waals surface area contributed by atoms with E-state index in [-0.39, 0.29) is 0 Å². The molecule has 2 heterocycles. The first-order valence-electron chi connectivity index (χ1n) is 10.3. The van der Waals surface area contributed by atoms with Crippen molar-refractivity contribution in [2.75, 3.05) is 43.4 Å². The van der Waals surface area contributed by atoms with Gasteiger partial charge < -0.3 is 31.1 Å². The smallest absolute Gasteiger partial charge is 0.318 e. The van der Waals surface area contributed by atoms with Crippen molar-refractivity contribution in [3.05, 3.63) is 53.7 Å². The number of rotatable bonds is 5. The summed E-state index contributed by atoms with van der Waals surface area (Å²) in [5.74, 6) is 5.98. The molecule has 5 N–H and O–H groups in total. The number of pyridine rings is 1. The van der Waals surface area contributed by atoms with Gasteiger partial charge in [0.25, 0.3) is 0 Å². The number of amides is 2. The van der Waals surface area contributed by atoms with Gasteiger partial charge in [-0.25, -0.2) is 9.78 Å². The van der Waals surface area contributed by atoms with Crippen LogP contribution in [0, 0.1) is 11.8 Å². The number of carbonyl (C=O) groups is 2. The summed E-state index contributed by atoms with van der Waals surface area (Å²) in [6.45, 7) is 2.86. The van der Waals surface area contributed by atoms with Gasteiger partial charge in [-0.1, -0.05) is 11.8 Å². The maximum atomic E-state index is 12.5. The molecule has 0 aliphatic carbocycles. The number of hydrogen-bond donors (Lipinski definition) is 4. The van der Waals surface area contributed by atoms with Gasteiger partial charge in [-0.3, -0.25) is 4.79 Å². The van der Waals surface area contributed by atoms with Crippen LogP contribution in [0.4, 0.5) is 16.3 Å². The van der Waals surface area contributed by atoms with Crippen molar-refractivity contribution in [1.29, 1.82) is 0 Å². The number of Topliss-reactive ketones (excluding diaryl/α,β-unsaturated/α-hetero) is 1. The van der Waals surface area contributed by atoms with E-state index in [1.54, 1.807) is 17.2 Å². The van der Waals surface area contributed by atoms with E-state index in [0.29, 0.717) is 32.0 Å². The molecule has 9 nitrogen and oxygen atoms in total. The maximum Gasteiger partial charge on any atom is 0.318 e. The zero-order valence-electron chi connectivity index (χ0n) is 17.9. The number of aliphatic hydroxyl groups excluding tert-OH is 2. The Kier molecular flexibility index (Phi) is 7.65. The van der Waals surface area contributed by atoms with Crippen LogP contribution >= 0.6 is 0 Å². The van der Waals surface area contributed by atoms with E-state index in [1.165, 1.54) is 6.92 Å². The van der Waals surface area contributed by atoms with Gasteiger partial charge >= 0.3 is 6.03 Å². The normalized spacial score (nSPS) is 15.3. The van der Waals surface area contributed by atoms with Crippen molar-refractivity contribution < 1.29 is 19.8 Å². The van der Waals surface area contributed by atoms with E-state index in [0.717, 1.165) is 16.8 Å². The number of urea groups is 1. The van der Waals surface area contributed by atoms with Crippen molar-refractivity contribution in [3.8, 4) is 11.8 Å². The number of piperazine rings is 1. The topological polar surface area (TPSA) is 132 Å². The van der Waals surface area contributed by atoms with Crippen LogP contribution < -0.4 is 16.0 Å². The molecule has 0 unspecified atom stereocenters. The summed E-state index contributed by atoms with van der Waals surface area (Å²) in [7, 11) is 0. The molecule has 168 valence electrons. The Morgan fingerprint density at radius 2 is 1.72 bits per heavy atom. The van der Waals surface area contributed by atoms with Crippen molar-refractivity contribution in [2.24, 2.45) is 0 Å². The second-order valence-electron chi connectivity index (χ2n) is 7.53. The number of ketones is 1. The van der Waals surface area contributed by atoms with Crippen molar-refractivity contribution in [3.63, 3.8) is 0 Å². The molecule has 2 aromatic rings. The molecule has 1 aromatic heterocycles. The van der Waals surface area contributed by atoms with Gasteiger partial charge in [-0.15, -0.1) is 0 Å². The Morgan fingerprint density at radius 1 is 1.09 bits per heavy atom. The van der Waals surface area contributed by atoms with Crippen LogP contribution in [0.15, 0.2) is 42.6 Å². The quantitative estimate of drug-likeness (QED) is 0.492. The molecule has 3 rings (SSSR count). The third kappa shape index (κ3) is 5.97. The molecule has 1 aliphatic heterocycles. The van der Waals surface area contributed by atoms with Gasteiger partial charge in [-0.2, -0.15) is 0 Å². The molecule has 1 aromatic carbocycles. The number of nitrogens with two attached hydrogens (primary N) is 1. The van der Waals surface area contributed by atoms with Crippen LogP contribution in [0.5, 0.6) is 0 Å². The summed E-state index contributed by atoms with van der Waals surface area (Å²) < 4.78 is 0. The van der Waals surface area contributed by atoms with Gasteiger partial charge in [0.05, 0.1) is 6.10 Å². The lowest BCUT2D eigenvalue weighted by Gasteiger charge is -2.36. The highest BCUT2D eigenvalue weighted by atomic mass is 16.3. The number of nitrogens with zero attached hydrogens (tertiary/aromatic N) is 3. The Morgan fingerprint density at radius 3 is 2.28 bits per heavy atom. The van der Waals surface area contributed by atoms with E-state index in [2.05, 4.69) is 27.0 Å². The van der Waals surface area contributed by atoms with Crippen LogP contribution in [0.2, 0.25) is 0 Å². The largest absolute Gasteiger partial charge is 0.391 e. The Balaban J connectivity index is 1.54. The molecule has 32 heavy (non-hydrogen) atoms. The van der Waals surface area contributed by atoms with Gasteiger partial charge in [0.15, 0.2) is 5.78 Å². The highest BCUT2D eigenvalue weighted by Gasteiger charge is 2.28. The summed E-state index contributed by atoms with van der Waals surface area (Å²) in [6.07, 6.45) is 0.549. The molecule has 1 fully saturated rings. The number of nitrogens with one attached hydrogen (secondary N) is 1. The lowest BCUT2D eigenvalue weighted by atomic mass is 10.1. The Hall–Kier alpha value is -3.61. The fourth-order valence-corrected chi connectivity index (χ4v) is 3.34. The number of aromatic nitrogens is 1. The number of nitrogen functional groups attached to an aromatic ring is 1. The minimum atomic E-state index is -1.12. The van der Waals surface area contributed by atoms with E-state index in [1.807, 2.05) is 30.3 Å². The standard InChI is InChI=1S/C23H27N5O4/c1-16(30)22(20(31)15-29)26-23(32)28-12-10-27(11-13-28)19-7-4-17(5-8-19)2-3-18-6-9-21(24)25-14-18/h4-9,14,16,22,29-30H,10-13,15H2,1H3,(H2,24,25)(H,26,32)/t16-,22+/m0/s1. The Bertz CT molecular complexity index is 988. The van der Waals surface area contributed by atoms with Crippen LogP contribution in [-0.4, -0.2) is 76.8 Å². The van der Waals surface area contributed by atoms with Crippen molar-refractivity contribution in [2.45, 2.75) is 19.1 Å². The van der Waals surface area contributed by atoms with Gasteiger partial charge in [-0.05, 0) is 43.3 Å².